The summed E-state index contributed by atoms with van der Waals surface area (Å²) in [5, 5.41) is 8.48. The Bertz CT molecular complexity index is 448. The molecule has 0 bridgehead atoms. The van der Waals surface area contributed by atoms with E-state index in [2.05, 4.69) is 4.74 Å². The van der Waals surface area contributed by atoms with Gasteiger partial charge in [0.2, 0.25) is 0 Å². The Hall–Kier alpha value is -1.63. The van der Waals surface area contributed by atoms with Crippen molar-refractivity contribution in [3.63, 3.8) is 0 Å². The molecular formula is C9H7ClF3NO3. The van der Waals surface area contributed by atoms with Crippen molar-refractivity contribution in [2.75, 3.05) is 12.3 Å². The first-order valence-corrected chi connectivity index (χ1v) is 4.60. The van der Waals surface area contributed by atoms with Gasteiger partial charge in [0.15, 0.2) is 12.4 Å². The molecule has 0 radical (unpaired) electrons. The maximum absolute atomic E-state index is 11.9. The molecule has 0 heterocycles. The van der Waals surface area contributed by atoms with Crippen molar-refractivity contribution in [2.24, 2.45) is 0 Å². The fourth-order valence-corrected chi connectivity index (χ4v) is 1.36. The molecule has 1 rings (SSSR count). The van der Waals surface area contributed by atoms with E-state index >= 15 is 0 Å². The summed E-state index contributed by atoms with van der Waals surface area (Å²) >= 11 is 5.57. The molecule has 0 aliphatic rings. The lowest BCUT2D eigenvalue weighted by Crippen LogP contribution is -2.20. The number of benzene rings is 1. The molecule has 0 saturated heterocycles. The second kappa shape index (κ2) is 4.70. The maximum Gasteiger partial charge on any atom is 0.422 e. The van der Waals surface area contributed by atoms with Gasteiger partial charge in [0, 0.05) is 5.69 Å². The number of nitrogens with two attached hydrogens (primary N) is 1. The molecule has 94 valence electrons. The number of halogens is 4. The zero-order valence-electron chi connectivity index (χ0n) is 8.21. The highest BCUT2D eigenvalue weighted by atomic mass is 35.5. The number of rotatable bonds is 3. The Morgan fingerprint density at radius 3 is 2.53 bits per heavy atom. The van der Waals surface area contributed by atoms with Crippen LogP contribution in [0.2, 0.25) is 5.02 Å². The lowest BCUT2D eigenvalue weighted by Gasteiger charge is -2.13. The van der Waals surface area contributed by atoms with Gasteiger partial charge >= 0.3 is 12.1 Å². The van der Waals surface area contributed by atoms with E-state index in [-0.39, 0.29) is 10.7 Å². The third-order valence-corrected chi connectivity index (χ3v) is 1.96. The summed E-state index contributed by atoms with van der Waals surface area (Å²) in [5.41, 5.74) is 4.83. The van der Waals surface area contributed by atoms with Crippen LogP contribution < -0.4 is 10.5 Å². The van der Waals surface area contributed by atoms with E-state index in [4.69, 9.17) is 22.4 Å². The van der Waals surface area contributed by atoms with Crippen molar-refractivity contribution < 1.29 is 27.8 Å². The van der Waals surface area contributed by atoms with Gasteiger partial charge < -0.3 is 15.6 Å². The predicted octanol–water partition coefficient (Wildman–Crippen LogP) is 2.56. The number of nitrogen functional groups attached to an aromatic ring is 1. The monoisotopic (exact) mass is 269 g/mol. The highest BCUT2D eigenvalue weighted by Gasteiger charge is 2.30. The lowest BCUT2D eigenvalue weighted by atomic mass is 10.2. The van der Waals surface area contributed by atoms with Gasteiger partial charge in [0.05, 0.1) is 5.02 Å². The normalized spacial score (nSPS) is 11.3. The van der Waals surface area contributed by atoms with Crippen molar-refractivity contribution in [3.8, 4) is 5.75 Å². The third kappa shape index (κ3) is 3.70. The van der Waals surface area contributed by atoms with Crippen LogP contribution in [-0.4, -0.2) is 23.9 Å². The molecule has 0 aliphatic carbocycles. The Morgan fingerprint density at radius 2 is 2.06 bits per heavy atom. The van der Waals surface area contributed by atoms with Crippen molar-refractivity contribution in [1.29, 1.82) is 0 Å². The number of alkyl halides is 3. The minimum absolute atomic E-state index is 0.0201. The van der Waals surface area contributed by atoms with Crippen LogP contribution in [0.3, 0.4) is 0 Å². The number of aromatic carboxylic acids is 1. The summed E-state index contributed by atoms with van der Waals surface area (Å²) in [7, 11) is 0. The Balaban J connectivity index is 3.09. The molecule has 0 saturated carbocycles. The number of hydrogen-bond acceptors (Lipinski definition) is 3. The summed E-state index contributed by atoms with van der Waals surface area (Å²) in [6, 6.07) is 2.08. The first-order chi connectivity index (χ1) is 7.70. The van der Waals surface area contributed by atoms with Gasteiger partial charge in [0.25, 0.3) is 0 Å². The van der Waals surface area contributed by atoms with Gasteiger partial charge in [-0.3, -0.25) is 0 Å². The van der Waals surface area contributed by atoms with Crippen molar-refractivity contribution in [3.05, 3.63) is 22.7 Å². The number of carboxylic acid groups (broad SMARTS) is 1. The van der Waals surface area contributed by atoms with Gasteiger partial charge in [-0.15, -0.1) is 0 Å². The van der Waals surface area contributed by atoms with E-state index in [1.54, 1.807) is 0 Å². The van der Waals surface area contributed by atoms with Crippen LogP contribution in [-0.2, 0) is 0 Å². The predicted molar refractivity (Wildman–Crippen MR) is 54.4 cm³/mol. The average molecular weight is 270 g/mol. The molecule has 17 heavy (non-hydrogen) atoms. The molecule has 0 atom stereocenters. The van der Waals surface area contributed by atoms with E-state index < -0.39 is 30.1 Å². The molecule has 8 heteroatoms. The molecule has 3 N–H and O–H groups in total. The van der Waals surface area contributed by atoms with Gasteiger partial charge in [-0.1, -0.05) is 11.6 Å². The molecule has 0 spiro atoms. The first kappa shape index (κ1) is 13.4. The number of anilines is 1. The van der Waals surface area contributed by atoms with E-state index in [0.29, 0.717) is 0 Å². The summed E-state index contributed by atoms with van der Waals surface area (Å²) < 4.78 is 40.2. The number of ether oxygens (including phenoxy) is 1. The molecule has 1 aromatic carbocycles. The van der Waals surface area contributed by atoms with Crippen LogP contribution in [0, 0.1) is 0 Å². The van der Waals surface area contributed by atoms with Crippen LogP contribution in [0.5, 0.6) is 5.75 Å². The molecule has 0 amide bonds. The first-order valence-electron chi connectivity index (χ1n) is 4.22. The van der Waals surface area contributed by atoms with E-state index in [1.165, 1.54) is 0 Å². The van der Waals surface area contributed by atoms with E-state index in [0.717, 1.165) is 12.1 Å². The number of carboxylic acids is 1. The molecule has 0 fully saturated rings. The second-order valence-corrected chi connectivity index (χ2v) is 3.50. The highest BCUT2D eigenvalue weighted by molar-refractivity contribution is 6.33. The van der Waals surface area contributed by atoms with Gasteiger partial charge in [-0.2, -0.15) is 13.2 Å². The fourth-order valence-electron chi connectivity index (χ4n) is 1.07. The van der Waals surface area contributed by atoms with Crippen LogP contribution in [0.15, 0.2) is 12.1 Å². The van der Waals surface area contributed by atoms with Crippen molar-refractivity contribution in [1.82, 2.24) is 0 Å². The van der Waals surface area contributed by atoms with Crippen LogP contribution in [0.1, 0.15) is 10.4 Å². The van der Waals surface area contributed by atoms with Gasteiger partial charge in [-0.05, 0) is 12.1 Å². The Labute approximate surface area is 98.7 Å². The van der Waals surface area contributed by atoms with Crippen LogP contribution in [0.4, 0.5) is 18.9 Å². The van der Waals surface area contributed by atoms with Crippen LogP contribution in [0.25, 0.3) is 0 Å². The molecule has 0 aliphatic heterocycles. The Morgan fingerprint density at radius 1 is 1.47 bits per heavy atom. The average Bonchev–Trinajstić information content (AvgIpc) is 2.13. The molecule has 0 aromatic heterocycles. The zero-order valence-corrected chi connectivity index (χ0v) is 8.97. The summed E-state index contributed by atoms with van der Waals surface area (Å²) in [5.74, 6) is -2.03. The summed E-state index contributed by atoms with van der Waals surface area (Å²) in [6.45, 7) is -1.63. The quantitative estimate of drug-likeness (QED) is 0.827. The molecule has 1 aromatic rings. The number of hydrogen-bond donors (Lipinski definition) is 2. The molecule has 4 nitrogen and oxygen atoms in total. The molecule has 0 unspecified atom stereocenters. The number of carbonyl (C=O) groups is 1. The van der Waals surface area contributed by atoms with E-state index in [9.17, 15) is 18.0 Å². The van der Waals surface area contributed by atoms with Gasteiger partial charge in [0.1, 0.15) is 5.56 Å². The van der Waals surface area contributed by atoms with E-state index in [1.807, 2.05) is 0 Å². The second-order valence-electron chi connectivity index (χ2n) is 3.09. The Kier molecular flexibility index (Phi) is 3.72. The standard InChI is InChI=1S/C9H7ClF3NO3/c10-6-2-4(14)1-5(8(15)16)7(6)17-3-9(11,12)13/h1-2H,3,14H2,(H,15,16). The zero-order chi connectivity index (χ0) is 13.2. The summed E-state index contributed by atoms with van der Waals surface area (Å²) in [4.78, 5) is 10.8. The lowest BCUT2D eigenvalue weighted by molar-refractivity contribution is -0.153. The molecular weight excluding hydrogens is 263 g/mol. The largest absolute Gasteiger partial charge is 0.482 e. The van der Waals surface area contributed by atoms with Crippen LogP contribution >= 0.6 is 11.6 Å². The SMILES string of the molecule is Nc1cc(Cl)c(OCC(F)(F)F)c(C(=O)O)c1. The van der Waals surface area contributed by atoms with Crippen molar-refractivity contribution in [2.45, 2.75) is 6.18 Å². The van der Waals surface area contributed by atoms with Gasteiger partial charge in [-0.25, -0.2) is 4.79 Å². The third-order valence-electron chi connectivity index (χ3n) is 1.68. The van der Waals surface area contributed by atoms with Crippen molar-refractivity contribution >= 4 is 23.3 Å². The minimum atomic E-state index is -4.58. The smallest absolute Gasteiger partial charge is 0.422 e. The fraction of sp³-hybridized carbons (Fsp3) is 0.222. The maximum atomic E-state index is 11.9. The summed E-state index contributed by atoms with van der Waals surface area (Å²) in [6.07, 6.45) is -4.58. The highest BCUT2D eigenvalue weighted by Crippen LogP contribution is 2.32. The minimum Gasteiger partial charge on any atom is -0.482 e. The topological polar surface area (TPSA) is 72.5 Å².